The summed E-state index contributed by atoms with van der Waals surface area (Å²) in [7, 11) is 0. The lowest BCUT2D eigenvalue weighted by molar-refractivity contribution is -0.137. The molecule has 0 spiro atoms. The highest BCUT2D eigenvalue weighted by Gasteiger charge is 2.38. The molecule has 1 atom stereocenters. The summed E-state index contributed by atoms with van der Waals surface area (Å²) in [5.74, 6) is -0.656. The molecule has 0 saturated carbocycles. The van der Waals surface area contributed by atoms with Crippen molar-refractivity contribution in [3.8, 4) is 0 Å². The van der Waals surface area contributed by atoms with Crippen LogP contribution in [0.4, 0.5) is 24.5 Å². The quantitative estimate of drug-likeness (QED) is 0.676. The minimum Gasteiger partial charge on any atom is -0.368 e. The molecule has 2 aliphatic heterocycles. The predicted octanol–water partition coefficient (Wildman–Crippen LogP) is 4.37. The van der Waals surface area contributed by atoms with Crippen LogP contribution in [0.2, 0.25) is 5.02 Å². The van der Waals surface area contributed by atoms with Gasteiger partial charge in [-0.05, 0) is 42.8 Å². The van der Waals surface area contributed by atoms with Gasteiger partial charge in [0, 0.05) is 55.5 Å². The molecule has 0 aromatic heterocycles. The van der Waals surface area contributed by atoms with Gasteiger partial charge in [0.15, 0.2) is 0 Å². The number of hydrogen-bond donors (Lipinski definition) is 0. The fourth-order valence-electron chi connectivity index (χ4n) is 4.19. The molecule has 4 rings (SSSR count). The number of hydrogen-bond acceptors (Lipinski definition) is 3. The molecule has 2 aliphatic rings. The second-order valence-corrected chi connectivity index (χ2v) is 8.61. The molecule has 170 valence electrons. The maximum Gasteiger partial charge on any atom is 0.416 e. The number of alkyl halides is 3. The minimum absolute atomic E-state index is 0.0947. The summed E-state index contributed by atoms with van der Waals surface area (Å²) in [6.07, 6.45) is -4.26. The van der Waals surface area contributed by atoms with Gasteiger partial charge in [-0.15, -0.1) is 0 Å². The lowest BCUT2D eigenvalue weighted by atomic mass is 10.1. The Morgan fingerprint density at radius 3 is 2.41 bits per heavy atom. The first-order valence-electron chi connectivity index (χ1n) is 10.4. The van der Waals surface area contributed by atoms with Crippen LogP contribution >= 0.6 is 11.6 Å². The van der Waals surface area contributed by atoms with Gasteiger partial charge in [0.2, 0.25) is 11.8 Å². The fraction of sp³-hybridized carbons (Fsp3) is 0.391. The van der Waals surface area contributed by atoms with E-state index >= 15 is 0 Å². The van der Waals surface area contributed by atoms with E-state index in [1.54, 1.807) is 21.9 Å². The number of carbonyl (C=O) groups is 2. The van der Waals surface area contributed by atoms with Gasteiger partial charge in [0.1, 0.15) is 0 Å². The van der Waals surface area contributed by atoms with Gasteiger partial charge in [-0.1, -0.05) is 23.7 Å². The normalized spacial score (nSPS) is 19.6. The van der Waals surface area contributed by atoms with Gasteiger partial charge in [0.25, 0.3) is 0 Å². The van der Waals surface area contributed by atoms with Crippen LogP contribution in [0.3, 0.4) is 0 Å². The van der Waals surface area contributed by atoms with Gasteiger partial charge in [0.05, 0.1) is 11.5 Å². The zero-order chi connectivity index (χ0) is 23.0. The number of halogens is 4. The average molecular weight is 466 g/mol. The summed E-state index contributed by atoms with van der Waals surface area (Å²) in [5.41, 5.74) is 1.39. The molecule has 2 saturated heterocycles. The Labute approximate surface area is 189 Å². The molecular weight excluding hydrogens is 443 g/mol. The van der Waals surface area contributed by atoms with E-state index in [1.807, 2.05) is 24.0 Å². The highest BCUT2D eigenvalue weighted by Crippen LogP contribution is 2.33. The standard InChI is InChI=1S/C23H23ClF3N3O2/c1-15-5-6-19(13-20(15)24)30-14-16(11-21(30)31)22(32)29-9-7-28(8-10-29)18-4-2-3-17(12-18)23(25,26)27/h2-6,12-13,16H,7-11,14H2,1H3. The SMILES string of the molecule is Cc1ccc(N2CC(C(=O)N3CCN(c4cccc(C(F)(F)F)c4)CC3)CC2=O)cc1Cl. The van der Waals surface area contributed by atoms with Gasteiger partial charge in [-0.2, -0.15) is 13.2 Å². The Bertz CT molecular complexity index is 1040. The third-order valence-corrected chi connectivity index (χ3v) is 6.48. The number of carbonyl (C=O) groups excluding carboxylic acids is 2. The number of benzene rings is 2. The summed E-state index contributed by atoms with van der Waals surface area (Å²) in [6.45, 7) is 3.84. The molecule has 2 fully saturated rings. The van der Waals surface area contributed by atoms with Gasteiger partial charge >= 0.3 is 6.18 Å². The van der Waals surface area contributed by atoms with Crippen LogP contribution in [-0.4, -0.2) is 49.4 Å². The first kappa shape index (κ1) is 22.5. The van der Waals surface area contributed by atoms with Crippen LogP contribution in [-0.2, 0) is 15.8 Å². The summed E-state index contributed by atoms with van der Waals surface area (Å²) in [5, 5.41) is 0.566. The smallest absolute Gasteiger partial charge is 0.368 e. The maximum atomic E-state index is 13.0. The van der Waals surface area contributed by atoms with Crippen LogP contribution in [0.5, 0.6) is 0 Å². The third kappa shape index (κ3) is 4.55. The van der Waals surface area contributed by atoms with E-state index in [1.165, 1.54) is 6.07 Å². The lowest BCUT2D eigenvalue weighted by Gasteiger charge is -2.37. The number of nitrogens with zero attached hydrogens (tertiary/aromatic N) is 3. The van der Waals surface area contributed by atoms with Crippen LogP contribution in [0.1, 0.15) is 17.5 Å². The number of anilines is 2. The molecule has 2 heterocycles. The Morgan fingerprint density at radius 2 is 1.75 bits per heavy atom. The molecule has 5 nitrogen and oxygen atoms in total. The molecule has 1 unspecified atom stereocenters. The zero-order valence-electron chi connectivity index (χ0n) is 17.5. The molecule has 9 heteroatoms. The first-order valence-corrected chi connectivity index (χ1v) is 10.8. The molecule has 0 N–H and O–H groups in total. The van der Waals surface area contributed by atoms with E-state index in [9.17, 15) is 22.8 Å². The van der Waals surface area contributed by atoms with Crippen LogP contribution in [0, 0.1) is 12.8 Å². The van der Waals surface area contributed by atoms with Crippen molar-refractivity contribution >= 4 is 34.8 Å². The van der Waals surface area contributed by atoms with Crippen molar-refractivity contribution in [3.63, 3.8) is 0 Å². The first-order chi connectivity index (χ1) is 15.1. The van der Waals surface area contributed by atoms with E-state index in [2.05, 4.69) is 0 Å². The molecule has 32 heavy (non-hydrogen) atoms. The summed E-state index contributed by atoms with van der Waals surface area (Å²) in [6, 6.07) is 10.6. The second-order valence-electron chi connectivity index (χ2n) is 8.20. The van der Waals surface area contributed by atoms with Gasteiger partial charge < -0.3 is 14.7 Å². The predicted molar refractivity (Wildman–Crippen MR) is 117 cm³/mol. The van der Waals surface area contributed by atoms with Crippen molar-refractivity contribution in [2.75, 3.05) is 42.5 Å². The minimum atomic E-state index is -4.39. The lowest BCUT2D eigenvalue weighted by Crippen LogP contribution is -2.50. The Morgan fingerprint density at radius 1 is 1.03 bits per heavy atom. The number of rotatable bonds is 3. The highest BCUT2D eigenvalue weighted by molar-refractivity contribution is 6.31. The second kappa shape index (κ2) is 8.65. The van der Waals surface area contributed by atoms with Crippen molar-refractivity contribution in [1.29, 1.82) is 0 Å². The van der Waals surface area contributed by atoms with Crippen LogP contribution in [0.25, 0.3) is 0 Å². The van der Waals surface area contributed by atoms with E-state index in [-0.39, 0.29) is 18.2 Å². The summed E-state index contributed by atoms with van der Waals surface area (Å²) >= 11 is 6.18. The van der Waals surface area contributed by atoms with Crippen LogP contribution < -0.4 is 9.80 Å². The van der Waals surface area contributed by atoms with E-state index in [0.717, 1.165) is 17.7 Å². The number of piperazine rings is 1. The fourth-order valence-corrected chi connectivity index (χ4v) is 4.37. The maximum absolute atomic E-state index is 13.0. The molecule has 2 amide bonds. The average Bonchev–Trinajstić information content (AvgIpc) is 3.16. The van der Waals surface area contributed by atoms with Crippen molar-refractivity contribution in [2.45, 2.75) is 19.5 Å². The largest absolute Gasteiger partial charge is 0.416 e. The number of aryl methyl sites for hydroxylation is 1. The Hall–Kier alpha value is -2.74. The van der Waals surface area contributed by atoms with Crippen molar-refractivity contribution in [1.82, 2.24) is 4.90 Å². The van der Waals surface area contributed by atoms with E-state index < -0.39 is 17.7 Å². The van der Waals surface area contributed by atoms with Crippen LogP contribution in [0.15, 0.2) is 42.5 Å². The van der Waals surface area contributed by atoms with Gasteiger partial charge in [-0.3, -0.25) is 9.59 Å². The van der Waals surface area contributed by atoms with Crippen molar-refractivity contribution in [2.24, 2.45) is 5.92 Å². The monoisotopic (exact) mass is 465 g/mol. The topological polar surface area (TPSA) is 43.9 Å². The number of amides is 2. The van der Waals surface area contributed by atoms with Gasteiger partial charge in [-0.25, -0.2) is 0 Å². The van der Waals surface area contributed by atoms with E-state index in [0.29, 0.717) is 49.1 Å². The molecule has 0 radical (unpaired) electrons. The Balaban J connectivity index is 1.38. The molecule has 2 aromatic rings. The van der Waals surface area contributed by atoms with Crippen molar-refractivity contribution in [3.05, 3.63) is 58.6 Å². The molecule has 0 aliphatic carbocycles. The molecule has 2 aromatic carbocycles. The summed E-state index contributed by atoms with van der Waals surface area (Å²) in [4.78, 5) is 30.7. The summed E-state index contributed by atoms with van der Waals surface area (Å²) < 4.78 is 39.0. The zero-order valence-corrected chi connectivity index (χ0v) is 18.3. The molecule has 0 bridgehead atoms. The molecular formula is C23H23ClF3N3O2. The highest BCUT2D eigenvalue weighted by atomic mass is 35.5. The Kier molecular flexibility index (Phi) is 6.07. The third-order valence-electron chi connectivity index (χ3n) is 6.07. The van der Waals surface area contributed by atoms with Crippen molar-refractivity contribution < 1.29 is 22.8 Å². The van der Waals surface area contributed by atoms with E-state index in [4.69, 9.17) is 11.6 Å².